The SMILES string of the molecule is O=C(OC1=Cc2ccccc2C1C(=O)O)c1ccccc1. The van der Waals surface area contributed by atoms with Crippen molar-refractivity contribution in [2.24, 2.45) is 0 Å². The second-order valence-corrected chi connectivity index (χ2v) is 4.70. The maximum absolute atomic E-state index is 12.1. The van der Waals surface area contributed by atoms with Gasteiger partial charge in [-0.25, -0.2) is 4.79 Å². The van der Waals surface area contributed by atoms with Crippen LogP contribution >= 0.6 is 0 Å². The molecule has 1 aliphatic carbocycles. The van der Waals surface area contributed by atoms with Crippen LogP contribution < -0.4 is 0 Å². The zero-order chi connectivity index (χ0) is 14.8. The summed E-state index contributed by atoms with van der Waals surface area (Å²) in [5, 5.41) is 9.38. The highest BCUT2D eigenvalue weighted by atomic mass is 16.5. The van der Waals surface area contributed by atoms with E-state index in [1.54, 1.807) is 54.6 Å². The van der Waals surface area contributed by atoms with E-state index in [0.717, 1.165) is 5.56 Å². The molecule has 1 atom stereocenters. The van der Waals surface area contributed by atoms with Crippen molar-refractivity contribution in [2.75, 3.05) is 0 Å². The molecule has 0 heterocycles. The molecule has 4 nitrogen and oxygen atoms in total. The molecular weight excluding hydrogens is 268 g/mol. The average Bonchev–Trinajstić information content (AvgIpc) is 2.86. The highest BCUT2D eigenvalue weighted by Crippen LogP contribution is 2.37. The molecule has 4 heteroatoms. The summed E-state index contributed by atoms with van der Waals surface area (Å²) in [6.07, 6.45) is 1.61. The number of hydrogen-bond acceptors (Lipinski definition) is 3. The summed E-state index contributed by atoms with van der Waals surface area (Å²) in [4.78, 5) is 23.5. The van der Waals surface area contributed by atoms with E-state index in [2.05, 4.69) is 0 Å². The zero-order valence-corrected chi connectivity index (χ0v) is 11.0. The van der Waals surface area contributed by atoms with Gasteiger partial charge in [-0.1, -0.05) is 42.5 Å². The van der Waals surface area contributed by atoms with Crippen LogP contribution in [0.5, 0.6) is 0 Å². The van der Waals surface area contributed by atoms with Crippen LogP contribution in [0.4, 0.5) is 0 Å². The number of benzene rings is 2. The molecule has 0 radical (unpaired) electrons. The Morgan fingerprint density at radius 2 is 1.62 bits per heavy atom. The molecule has 1 unspecified atom stereocenters. The van der Waals surface area contributed by atoms with Crippen molar-refractivity contribution in [1.29, 1.82) is 0 Å². The van der Waals surface area contributed by atoms with E-state index in [4.69, 9.17) is 4.74 Å². The van der Waals surface area contributed by atoms with E-state index in [9.17, 15) is 14.7 Å². The number of rotatable bonds is 3. The van der Waals surface area contributed by atoms with Crippen LogP contribution in [0.15, 0.2) is 60.4 Å². The van der Waals surface area contributed by atoms with E-state index in [-0.39, 0.29) is 5.76 Å². The summed E-state index contributed by atoms with van der Waals surface area (Å²) in [5.74, 6) is -2.38. The van der Waals surface area contributed by atoms with Crippen LogP contribution in [-0.2, 0) is 9.53 Å². The van der Waals surface area contributed by atoms with Gasteiger partial charge in [0, 0.05) is 0 Å². The Balaban J connectivity index is 1.89. The lowest BCUT2D eigenvalue weighted by atomic mass is 10.0. The minimum absolute atomic E-state index is 0.151. The number of hydrogen-bond donors (Lipinski definition) is 1. The molecule has 0 aliphatic heterocycles. The van der Waals surface area contributed by atoms with Gasteiger partial charge < -0.3 is 9.84 Å². The highest BCUT2D eigenvalue weighted by Gasteiger charge is 2.34. The molecule has 2 aromatic carbocycles. The second kappa shape index (κ2) is 5.25. The summed E-state index contributed by atoms with van der Waals surface area (Å²) >= 11 is 0. The summed E-state index contributed by atoms with van der Waals surface area (Å²) in [7, 11) is 0. The standard InChI is InChI=1S/C17H12O4/c18-16(19)15-13-9-5-4-8-12(13)10-14(15)21-17(20)11-6-2-1-3-7-11/h1-10,15H,(H,18,19). The van der Waals surface area contributed by atoms with Crippen molar-refractivity contribution in [3.05, 3.63) is 77.0 Å². The topological polar surface area (TPSA) is 63.6 Å². The average molecular weight is 280 g/mol. The van der Waals surface area contributed by atoms with Gasteiger partial charge in [0.05, 0.1) is 5.56 Å². The molecule has 21 heavy (non-hydrogen) atoms. The van der Waals surface area contributed by atoms with Gasteiger partial charge in [-0.05, 0) is 29.3 Å². The van der Waals surface area contributed by atoms with Gasteiger partial charge in [0.15, 0.2) is 0 Å². The maximum Gasteiger partial charge on any atom is 0.343 e. The van der Waals surface area contributed by atoms with E-state index in [1.807, 2.05) is 6.07 Å². The van der Waals surface area contributed by atoms with Gasteiger partial charge >= 0.3 is 11.9 Å². The van der Waals surface area contributed by atoms with Crippen molar-refractivity contribution >= 4 is 18.0 Å². The van der Waals surface area contributed by atoms with E-state index < -0.39 is 17.9 Å². The van der Waals surface area contributed by atoms with Crippen LogP contribution in [0.1, 0.15) is 27.4 Å². The predicted octanol–water partition coefficient (Wildman–Crippen LogP) is 3.07. The first-order chi connectivity index (χ1) is 10.2. The summed E-state index contributed by atoms with van der Waals surface area (Å²) in [6.45, 7) is 0. The normalized spacial score (nSPS) is 16.0. The Bertz CT molecular complexity index is 731. The number of ether oxygens (including phenoxy) is 1. The fourth-order valence-electron chi connectivity index (χ4n) is 2.38. The van der Waals surface area contributed by atoms with Gasteiger partial charge in [0.25, 0.3) is 0 Å². The Morgan fingerprint density at radius 1 is 0.952 bits per heavy atom. The van der Waals surface area contributed by atoms with Gasteiger partial charge in [-0.2, -0.15) is 0 Å². The van der Waals surface area contributed by atoms with Gasteiger partial charge in [-0.15, -0.1) is 0 Å². The number of carboxylic acids is 1. The van der Waals surface area contributed by atoms with E-state index in [0.29, 0.717) is 11.1 Å². The number of esters is 1. The first-order valence-corrected chi connectivity index (χ1v) is 6.47. The summed E-state index contributed by atoms with van der Waals surface area (Å²) in [5.41, 5.74) is 1.79. The Labute approximate surface area is 121 Å². The van der Waals surface area contributed by atoms with E-state index in [1.165, 1.54) is 0 Å². The minimum atomic E-state index is -1.04. The largest absolute Gasteiger partial charge is 0.480 e. The van der Waals surface area contributed by atoms with Crippen LogP contribution in [0.2, 0.25) is 0 Å². The predicted molar refractivity (Wildman–Crippen MR) is 76.7 cm³/mol. The fraction of sp³-hybridized carbons (Fsp3) is 0.0588. The third kappa shape index (κ3) is 2.43. The van der Waals surface area contributed by atoms with Crippen molar-refractivity contribution in [2.45, 2.75) is 5.92 Å². The molecule has 3 rings (SSSR count). The Hall–Kier alpha value is -2.88. The lowest BCUT2D eigenvalue weighted by molar-refractivity contribution is -0.138. The van der Waals surface area contributed by atoms with Crippen molar-refractivity contribution in [3.8, 4) is 0 Å². The molecule has 1 aliphatic rings. The summed E-state index contributed by atoms with van der Waals surface area (Å²) in [6, 6.07) is 15.6. The second-order valence-electron chi connectivity index (χ2n) is 4.70. The minimum Gasteiger partial charge on any atom is -0.480 e. The highest BCUT2D eigenvalue weighted by molar-refractivity contribution is 5.93. The third-order valence-corrected chi connectivity index (χ3v) is 3.36. The Kier molecular flexibility index (Phi) is 3.28. The number of carbonyl (C=O) groups is 2. The quantitative estimate of drug-likeness (QED) is 0.878. The molecule has 0 saturated carbocycles. The molecule has 1 N–H and O–H groups in total. The lowest BCUT2D eigenvalue weighted by Gasteiger charge is -2.12. The van der Waals surface area contributed by atoms with Crippen molar-refractivity contribution in [1.82, 2.24) is 0 Å². The molecule has 0 saturated heterocycles. The molecule has 0 spiro atoms. The molecule has 2 aromatic rings. The maximum atomic E-state index is 12.1. The van der Waals surface area contributed by atoms with Crippen LogP contribution in [-0.4, -0.2) is 17.0 Å². The van der Waals surface area contributed by atoms with Gasteiger partial charge in [0.1, 0.15) is 11.7 Å². The summed E-state index contributed by atoms with van der Waals surface area (Å²) < 4.78 is 5.30. The molecule has 0 fully saturated rings. The van der Waals surface area contributed by atoms with Crippen molar-refractivity contribution < 1.29 is 19.4 Å². The van der Waals surface area contributed by atoms with Crippen LogP contribution in [0.25, 0.3) is 6.08 Å². The van der Waals surface area contributed by atoms with E-state index >= 15 is 0 Å². The van der Waals surface area contributed by atoms with Gasteiger partial charge in [-0.3, -0.25) is 4.79 Å². The molecule has 0 aromatic heterocycles. The molecule has 104 valence electrons. The fourth-order valence-corrected chi connectivity index (χ4v) is 2.38. The molecular formula is C17H12O4. The monoisotopic (exact) mass is 280 g/mol. The van der Waals surface area contributed by atoms with Gasteiger partial charge in [0.2, 0.25) is 0 Å². The number of aliphatic carboxylic acids is 1. The number of fused-ring (bicyclic) bond motifs is 1. The van der Waals surface area contributed by atoms with Crippen LogP contribution in [0, 0.1) is 0 Å². The third-order valence-electron chi connectivity index (χ3n) is 3.36. The Morgan fingerprint density at radius 3 is 2.33 bits per heavy atom. The zero-order valence-electron chi connectivity index (χ0n) is 11.0. The number of carbonyl (C=O) groups excluding carboxylic acids is 1. The lowest BCUT2D eigenvalue weighted by Crippen LogP contribution is -2.16. The first-order valence-electron chi connectivity index (χ1n) is 6.47. The first kappa shape index (κ1) is 13.1. The molecule has 0 bridgehead atoms. The smallest absolute Gasteiger partial charge is 0.343 e. The van der Waals surface area contributed by atoms with Crippen molar-refractivity contribution in [3.63, 3.8) is 0 Å². The molecule has 0 amide bonds. The van der Waals surface area contributed by atoms with Crippen LogP contribution in [0.3, 0.4) is 0 Å². The number of carboxylic acid groups (broad SMARTS) is 1.